The van der Waals surface area contributed by atoms with Crippen molar-refractivity contribution in [1.82, 2.24) is 0 Å². The van der Waals surface area contributed by atoms with E-state index >= 15 is 0 Å². The first kappa shape index (κ1) is 14.6. The molecule has 2 rings (SSSR count). The number of benzene rings is 2. The van der Waals surface area contributed by atoms with Gasteiger partial charge in [0, 0.05) is 0 Å². The van der Waals surface area contributed by atoms with Crippen molar-refractivity contribution in [3.8, 4) is 0 Å². The van der Waals surface area contributed by atoms with Crippen LogP contribution in [0.1, 0.15) is 42.5 Å². The first-order valence-electron chi connectivity index (χ1n) is 7.57. The summed E-state index contributed by atoms with van der Waals surface area (Å²) in [5.74, 6) is 0. The van der Waals surface area contributed by atoms with Crippen LogP contribution in [-0.2, 0) is 19.3 Å². The monoisotopic (exact) mass is 264 g/mol. The van der Waals surface area contributed by atoms with Gasteiger partial charge in [-0.25, -0.2) is 0 Å². The van der Waals surface area contributed by atoms with Crippen molar-refractivity contribution in [3.05, 3.63) is 77.4 Å². The van der Waals surface area contributed by atoms with Gasteiger partial charge in [-0.1, -0.05) is 69.0 Å². The van der Waals surface area contributed by atoms with Crippen molar-refractivity contribution in [1.29, 1.82) is 0 Å². The second-order valence-corrected chi connectivity index (χ2v) is 5.32. The number of hydrogen-bond donors (Lipinski definition) is 0. The van der Waals surface area contributed by atoms with Gasteiger partial charge < -0.3 is 0 Å². The summed E-state index contributed by atoms with van der Waals surface area (Å²) < 4.78 is 0. The second-order valence-electron chi connectivity index (χ2n) is 5.32. The van der Waals surface area contributed by atoms with E-state index in [1.807, 2.05) is 0 Å². The Morgan fingerprint density at radius 2 is 1.20 bits per heavy atom. The molecule has 0 N–H and O–H groups in total. The Hall–Kier alpha value is -1.82. The molecule has 0 bridgehead atoms. The Bertz CT molecular complexity index is 544. The van der Waals surface area contributed by atoms with E-state index in [9.17, 15) is 0 Å². The summed E-state index contributed by atoms with van der Waals surface area (Å²) >= 11 is 0. The van der Waals surface area contributed by atoms with Gasteiger partial charge in [0.15, 0.2) is 0 Å². The van der Waals surface area contributed by atoms with E-state index in [1.165, 1.54) is 27.8 Å². The minimum atomic E-state index is 1.02. The number of hydrogen-bond acceptors (Lipinski definition) is 0. The molecule has 0 aromatic heterocycles. The van der Waals surface area contributed by atoms with Crippen molar-refractivity contribution in [2.45, 2.75) is 39.5 Å². The predicted molar refractivity (Wildman–Crippen MR) is 89.0 cm³/mol. The molecule has 0 spiro atoms. The molecule has 0 heterocycles. The third-order valence-corrected chi connectivity index (χ3v) is 3.92. The van der Waals surface area contributed by atoms with E-state index in [4.69, 9.17) is 0 Å². The van der Waals surface area contributed by atoms with Crippen LogP contribution in [0.15, 0.2) is 55.1 Å². The highest BCUT2D eigenvalue weighted by Crippen LogP contribution is 2.19. The SMILES string of the molecule is C=C(CCc1ccc(CC)cc1)c1ccc(CC)cc1. The molecule has 20 heavy (non-hydrogen) atoms. The Morgan fingerprint density at radius 1 is 0.750 bits per heavy atom. The quantitative estimate of drug-likeness (QED) is 0.650. The Balaban J connectivity index is 1.93. The van der Waals surface area contributed by atoms with Crippen LogP contribution in [-0.4, -0.2) is 0 Å². The van der Waals surface area contributed by atoms with Crippen molar-refractivity contribution < 1.29 is 0 Å². The first-order chi connectivity index (χ1) is 9.72. The summed E-state index contributed by atoms with van der Waals surface area (Å²) in [6.45, 7) is 8.60. The standard InChI is InChI=1S/C20H24/c1-4-17-8-10-19(11-9-17)7-6-16(3)20-14-12-18(5-2)13-15-20/h8-15H,3-7H2,1-2H3. The highest BCUT2D eigenvalue weighted by Gasteiger charge is 2.01. The van der Waals surface area contributed by atoms with Gasteiger partial charge in [-0.05, 0) is 53.5 Å². The summed E-state index contributed by atoms with van der Waals surface area (Å²) in [7, 11) is 0. The maximum absolute atomic E-state index is 4.23. The third-order valence-electron chi connectivity index (χ3n) is 3.92. The molecule has 0 saturated carbocycles. The Labute approximate surface area is 123 Å². The van der Waals surface area contributed by atoms with Crippen molar-refractivity contribution in [2.75, 3.05) is 0 Å². The smallest absolute Gasteiger partial charge is 0.0230 e. The molecule has 0 fully saturated rings. The topological polar surface area (TPSA) is 0 Å². The summed E-state index contributed by atoms with van der Waals surface area (Å²) in [6.07, 6.45) is 4.29. The second kappa shape index (κ2) is 7.09. The lowest BCUT2D eigenvalue weighted by Crippen LogP contribution is -1.90. The minimum absolute atomic E-state index is 1.02. The molecule has 2 aromatic carbocycles. The van der Waals surface area contributed by atoms with Crippen LogP contribution in [0.3, 0.4) is 0 Å². The van der Waals surface area contributed by atoms with Crippen LogP contribution in [0.25, 0.3) is 5.57 Å². The number of allylic oxidation sites excluding steroid dienone is 1. The predicted octanol–water partition coefficient (Wildman–Crippen LogP) is 5.46. The number of rotatable bonds is 6. The van der Waals surface area contributed by atoms with Gasteiger partial charge in [-0.15, -0.1) is 0 Å². The Kier molecular flexibility index (Phi) is 5.17. The van der Waals surface area contributed by atoms with Gasteiger partial charge >= 0.3 is 0 Å². The van der Waals surface area contributed by atoms with Crippen LogP contribution in [0, 0.1) is 0 Å². The molecule has 2 aromatic rings. The largest absolute Gasteiger partial charge is 0.0952 e. The summed E-state index contributed by atoms with van der Waals surface area (Å²) in [4.78, 5) is 0. The fourth-order valence-electron chi connectivity index (χ4n) is 2.36. The van der Waals surface area contributed by atoms with Gasteiger partial charge in [0.25, 0.3) is 0 Å². The molecule has 0 aliphatic rings. The molecular formula is C20H24. The highest BCUT2D eigenvalue weighted by atomic mass is 14.1. The highest BCUT2D eigenvalue weighted by molar-refractivity contribution is 5.63. The van der Waals surface area contributed by atoms with Crippen LogP contribution in [0.2, 0.25) is 0 Å². The van der Waals surface area contributed by atoms with Gasteiger partial charge in [0.05, 0.1) is 0 Å². The van der Waals surface area contributed by atoms with E-state index in [1.54, 1.807) is 0 Å². The average molecular weight is 264 g/mol. The maximum atomic E-state index is 4.23. The number of aryl methyl sites for hydroxylation is 3. The summed E-state index contributed by atoms with van der Waals surface area (Å²) in [5, 5.41) is 0. The lowest BCUT2D eigenvalue weighted by molar-refractivity contribution is 1.01. The third kappa shape index (κ3) is 3.84. The fraction of sp³-hybridized carbons (Fsp3) is 0.300. The first-order valence-corrected chi connectivity index (χ1v) is 7.57. The van der Waals surface area contributed by atoms with E-state index in [2.05, 4.69) is 69.0 Å². The summed E-state index contributed by atoms with van der Waals surface area (Å²) in [6, 6.07) is 17.7. The fourth-order valence-corrected chi connectivity index (χ4v) is 2.36. The molecule has 0 radical (unpaired) electrons. The molecule has 0 heteroatoms. The van der Waals surface area contributed by atoms with E-state index < -0.39 is 0 Å². The van der Waals surface area contributed by atoms with E-state index in [0.29, 0.717) is 0 Å². The molecule has 0 nitrogen and oxygen atoms in total. The normalized spacial score (nSPS) is 10.5. The van der Waals surface area contributed by atoms with Gasteiger partial charge in [-0.3, -0.25) is 0 Å². The zero-order chi connectivity index (χ0) is 14.4. The van der Waals surface area contributed by atoms with Gasteiger partial charge in [-0.2, -0.15) is 0 Å². The van der Waals surface area contributed by atoms with Crippen molar-refractivity contribution >= 4 is 5.57 Å². The van der Waals surface area contributed by atoms with Crippen LogP contribution in [0.5, 0.6) is 0 Å². The molecule has 0 unspecified atom stereocenters. The minimum Gasteiger partial charge on any atom is -0.0952 e. The zero-order valence-corrected chi connectivity index (χ0v) is 12.7. The molecular weight excluding hydrogens is 240 g/mol. The van der Waals surface area contributed by atoms with Gasteiger partial charge in [0.1, 0.15) is 0 Å². The van der Waals surface area contributed by atoms with E-state index in [-0.39, 0.29) is 0 Å². The van der Waals surface area contributed by atoms with Crippen LogP contribution in [0.4, 0.5) is 0 Å². The van der Waals surface area contributed by atoms with Crippen molar-refractivity contribution in [2.24, 2.45) is 0 Å². The molecule has 0 saturated heterocycles. The molecule has 104 valence electrons. The van der Waals surface area contributed by atoms with Crippen LogP contribution < -0.4 is 0 Å². The van der Waals surface area contributed by atoms with E-state index in [0.717, 1.165) is 25.7 Å². The maximum Gasteiger partial charge on any atom is -0.0230 e. The lowest BCUT2D eigenvalue weighted by Gasteiger charge is -2.08. The Morgan fingerprint density at radius 3 is 1.70 bits per heavy atom. The molecule has 0 atom stereocenters. The summed E-state index contributed by atoms with van der Waals surface area (Å²) in [5.41, 5.74) is 6.69. The molecule has 0 amide bonds. The van der Waals surface area contributed by atoms with Crippen LogP contribution >= 0.6 is 0 Å². The lowest BCUT2D eigenvalue weighted by atomic mass is 9.98. The van der Waals surface area contributed by atoms with Crippen molar-refractivity contribution in [3.63, 3.8) is 0 Å². The average Bonchev–Trinajstić information content (AvgIpc) is 2.53. The zero-order valence-electron chi connectivity index (χ0n) is 12.7. The molecule has 0 aliphatic carbocycles. The van der Waals surface area contributed by atoms with Gasteiger partial charge in [0.2, 0.25) is 0 Å². The molecule has 0 aliphatic heterocycles.